The van der Waals surface area contributed by atoms with Crippen LogP contribution in [0.2, 0.25) is 0 Å². The van der Waals surface area contributed by atoms with Crippen LogP contribution in [-0.4, -0.2) is 12.6 Å². The van der Waals surface area contributed by atoms with Crippen LogP contribution in [-0.2, 0) is 9.53 Å². The fraction of sp³-hybridized carbons (Fsp3) is 0.850. The fourth-order valence-electron chi connectivity index (χ4n) is 2.69. The first-order chi connectivity index (χ1) is 10.8. The summed E-state index contributed by atoms with van der Waals surface area (Å²) in [7, 11) is 0. The summed E-state index contributed by atoms with van der Waals surface area (Å²) < 4.78 is 5.24. The van der Waals surface area contributed by atoms with E-state index in [0.29, 0.717) is 13.0 Å². The zero-order valence-corrected chi connectivity index (χ0v) is 14.7. The van der Waals surface area contributed by atoms with Crippen LogP contribution in [0.3, 0.4) is 0 Å². The zero-order chi connectivity index (χ0) is 15.9. The smallest absolute Gasteiger partial charge is 0.306 e. The molecule has 1 aliphatic rings. The third-order valence-corrected chi connectivity index (χ3v) is 4.37. The molecule has 0 heterocycles. The van der Waals surface area contributed by atoms with Crippen LogP contribution < -0.4 is 0 Å². The lowest BCUT2D eigenvalue weighted by atomic mass is 10.1. The Morgan fingerprint density at radius 3 is 2.36 bits per heavy atom. The molecule has 128 valence electrons. The van der Waals surface area contributed by atoms with E-state index in [4.69, 9.17) is 4.74 Å². The van der Waals surface area contributed by atoms with Gasteiger partial charge in [-0.25, -0.2) is 0 Å². The summed E-state index contributed by atoms with van der Waals surface area (Å²) in [6, 6.07) is 0. The summed E-state index contributed by atoms with van der Waals surface area (Å²) in [5.41, 5.74) is 0. The molecule has 0 spiro atoms. The molecule has 0 bridgehead atoms. The Balaban J connectivity index is 1.77. The molecule has 1 fully saturated rings. The van der Waals surface area contributed by atoms with Crippen LogP contribution >= 0.6 is 0 Å². The number of esters is 1. The number of hydrogen-bond acceptors (Lipinski definition) is 2. The van der Waals surface area contributed by atoms with Crippen LogP contribution in [0.15, 0.2) is 12.2 Å². The Bertz CT molecular complexity index is 292. The molecule has 0 saturated heterocycles. The van der Waals surface area contributed by atoms with Gasteiger partial charge in [0.15, 0.2) is 0 Å². The van der Waals surface area contributed by atoms with Gasteiger partial charge in [0, 0.05) is 6.42 Å². The maximum atomic E-state index is 11.5. The van der Waals surface area contributed by atoms with Gasteiger partial charge in [-0.1, -0.05) is 70.4 Å². The van der Waals surface area contributed by atoms with E-state index < -0.39 is 0 Å². The van der Waals surface area contributed by atoms with Gasteiger partial charge in [0.05, 0.1) is 6.61 Å². The van der Waals surface area contributed by atoms with Gasteiger partial charge in [0.25, 0.3) is 0 Å². The molecule has 0 atom stereocenters. The van der Waals surface area contributed by atoms with Crippen molar-refractivity contribution in [2.75, 3.05) is 6.61 Å². The number of ether oxygens (including phenoxy) is 1. The van der Waals surface area contributed by atoms with E-state index in [0.717, 1.165) is 25.2 Å². The fourth-order valence-corrected chi connectivity index (χ4v) is 2.69. The monoisotopic (exact) mass is 308 g/mol. The molecule has 2 heteroatoms. The molecule has 1 saturated carbocycles. The maximum absolute atomic E-state index is 11.5. The highest BCUT2D eigenvalue weighted by Gasteiger charge is 2.20. The lowest BCUT2D eigenvalue weighted by Crippen LogP contribution is -2.05. The first kappa shape index (κ1) is 19.3. The molecule has 0 radical (unpaired) electrons. The second-order valence-electron chi connectivity index (χ2n) is 6.73. The highest BCUT2D eigenvalue weighted by atomic mass is 16.5. The minimum Gasteiger partial charge on any atom is -0.466 e. The van der Waals surface area contributed by atoms with Gasteiger partial charge in [-0.15, -0.1) is 0 Å². The van der Waals surface area contributed by atoms with Crippen LogP contribution in [0.25, 0.3) is 0 Å². The predicted molar refractivity (Wildman–Crippen MR) is 93.9 cm³/mol. The summed E-state index contributed by atoms with van der Waals surface area (Å²) in [5.74, 6) is 0.907. The molecular formula is C20H36O2. The molecule has 22 heavy (non-hydrogen) atoms. The highest BCUT2D eigenvalue weighted by molar-refractivity contribution is 5.69. The average molecular weight is 309 g/mol. The number of hydrogen-bond donors (Lipinski definition) is 0. The number of allylic oxidation sites excluding steroid dienone is 2. The minimum absolute atomic E-state index is 0.0311. The number of carbonyl (C=O) groups excluding carboxylic acids is 1. The molecule has 0 aromatic carbocycles. The summed E-state index contributed by atoms with van der Waals surface area (Å²) in [4.78, 5) is 11.5. The summed E-state index contributed by atoms with van der Waals surface area (Å²) in [6.45, 7) is 2.88. The summed E-state index contributed by atoms with van der Waals surface area (Å²) in [6.07, 6.45) is 21.5. The second-order valence-corrected chi connectivity index (χ2v) is 6.73. The molecule has 0 aliphatic heterocycles. The molecule has 1 aliphatic carbocycles. The van der Waals surface area contributed by atoms with Crippen molar-refractivity contribution in [3.63, 3.8) is 0 Å². The van der Waals surface area contributed by atoms with Gasteiger partial charge >= 0.3 is 5.97 Å². The minimum atomic E-state index is -0.0311. The standard InChI is InChI=1S/C20H36O2/c1-2-3-4-5-6-7-8-9-10-11-12-15-20(21)22-18-13-14-19-16-17-19/h10-11,19H,2-9,12-18H2,1H3/b11-10-. The van der Waals surface area contributed by atoms with Crippen molar-refractivity contribution in [3.8, 4) is 0 Å². The van der Waals surface area contributed by atoms with E-state index in [1.165, 1.54) is 64.2 Å². The maximum Gasteiger partial charge on any atom is 0.306 e. The van der Waals surface area contributed by atoms with Crippen molar-refractivity contribution in [2.24, 2.45) is 5.92 Å². The van der Waals surface area contributed by atoms with Crippen LogP contribution in [0.1, 0.15) is 96.8 Å². The lowest BCUT2D eigenvalue weighted by Gasteiger charge is -2.03. The quantitative estimate of drug-likeness (QED) is 0.205. The largest absolute Gasteiger partial charge is 0.466 e. The molecule has 2 nitrogen and oxygen atoms in total. The molecule has 0 amide bonds. The molecule has 0 aromatic rings. The molecule has 1 rings (SSSR count). The Hall–Kier alpha value is -0.790. The van der Waals surface area contributed by atoms with E-state index in [2.05, 4.69) is 19.1 Å². The van der Waals surface area contributed by atoms with E-state index >= 15 is 0 Å². The Morgan fingerprint density at radius 2 is 1.64 bits per heavy atom. The van der Waals surface area contributed by atoms with Gasteiger partial charge in [-0.2, -0.15) is 0 Å². The van der Waals surface area contributed by atoms with Crippen LogP contribution in [0, 0.1) is 5.92 Å². The lowest BCUT2D eigenvalue weighted by molar-refractivity contribution is -0.143. The Labute approximate surface area is 137 Å². The van der Waals surface area contributed by atoms with Crippen molar-refractivity contribution in [1.29, 1.82) is 0 Å². The highest BCUT2D eigenvalue weighted by Crippen LogP contribution is 2.33. The molecule has 0 N–H and O–H groups in total. The number of unbranched alkanes of at least 4 members (excludes halogenated alkanes) is 7. The summed E-state index contributed by atoms with van der Waals surface area (Å²) in [5, 5.41) is 0. The van der Waals surface area contributed by atoms with E-state index in [1.54, 1.807) is 0 Å². The first-order valence-electron chi connectivity index (χ1n) is 9.63. The van der Waals surface area contributed by atoms with Crippen molar-refractivity contribution >= 4 is 5.97 Å². The van der Waals surface area contributed by atoms with Crippen molar-refractivity contribution in [1.82, 2.24) is 0 Å². The first-order valence-corrected chi connectivity index (χ1v) is 9.63. The third-order valence-electron chi connectivity index (χ3n) is 4.37. The number of rotatable bonds is 15. The predicted octanol–water partition coefficient (Wildman–Crippen LogP) is 6.20. The second kappa shape index (κ2) is 13.8. The van der Waals surface area contributed by atoms with E-state index in [-0.39, 0.29) is 5.97 Å². The van der Waals surface area contributed by atoms with Gasteiger partial charge in [-0.3, -0.25) is 4.79 Å². The van der Waals surface area contributed by atoms with E-state index in [1.807, 2.05) is 0 Å². The molecule has 0 unspecified atom stereocenters. The number of carbonyl (C=O) groups is 1. The Kier molecular flexibility index (Phi) is 12.1. The van der Waals surface area contributed by atoms with E-state index in [9.17, 15) is 4.79 Å². The summed E-state index contributed by atoms with van der Waals surface area (Å²) >= 11 is 0. The third kappa shape index (κ3) is 12.9. The van der Waals surface area contributed by atoms with Gasteiger partial charge in [-0.05, 0) is 38.0 Å². The van der Waals surface area contributed by atoms with Gasteiger partial charge in [0.1, 0.15) is 0 Å². The van der Waals surface area contributed by atoms with Gasteiger partial charge < -0.3 is 4.74 Å². The van der Waals surface area contributed by atoms with Crippen molar-refractivity contribution in [2.45, 2.75) is 96.8 Å². The zero-order valence-electron chi connectivity index (χ0n) is 14.7. The SMILES string of the molecule is CCCCCCCCC/C=C\CCC(=O)OCCCC1CC1. The Morgan fingerprint density at radius 1 is 0.955 bits per heavy atom. The molecule has 0 aromatic heterocycles. The van der Waals surface area contributed by atoms with Crippen molar-refractivity contribution in [3.05, 3.63) is 12.2 Å². The topological polar surface area (TPSA) is 26.3 Å². The van der Waals surface area contributed by atoms with Crippen molar-refractivity contribution < 1.29 is 9.53 Å². The molecular weight excluding hydrogens is 272 g/mol. The van der Waals surface area contributed by atoms with Gasteiger partial charge in [0.2, 0.25) is 0 Å². The average Bonchev–Trinajstić information content (AvgIpc) is 3.33. The van der Waals surface area contributed by atoms with Crippen LogP contribution in [0.4, 0.5) is 0 Å². The normalized spacial score (nSPS) is 14.6. The van der Waals surface area contributed by atoms with Crippen LogP contribution in [0.5, 0.6) is 0 Å².